The van der Waals surface area contributed by atoms with Gasteiger partial charge in [-0.15, -0.1) is 0 Å². The molecule has 3 aromatic carbocycles. The van der Waals surface area contributed by atoms with Crippen LogP contribution in [0.3, 0.4) is 0 Å². The minimum absolute atomic E-state index is 0.111. The first-order valence-electron chi connectivity index (χ1n) is 24.0. The standard InChI is InChI=1S/C52H62N8O7/c1-29(2)43(56-50(64)66-5)48(62)59-25-9-11-40(59)45-53-28-39(55-45)32-15-13-31(14-16-32)35-19-18-34(36-21-24-52(42(35)36)22-7-8-23-52)33-17-20-38-37(27-33)47(61)58-46(54-38)41-12-10-26-60(41)49(63)44(30(3)4)57-51(65)67-6/h13-20,27-30,40-41,43-44H,7-12,21-26H2,1-6H3,(H,53,55)(H,56,64)(H,57,65)(H,54,58,61)/t40-,41-,43?,44-/m0/s1. The minimum atomic E-state index is -0.771. The first-order chi connectivity index (χ1) is 32.3. The molecule has 4 N–H and O–H groups in total. The van der Waals surface area contributed by atoms with Crippen LogP contribution in [0.5, 0.6) is 0 Å². The largest absolute Gasteiger partial charge is 0.453 e. The number of amides is 4. The van der Waals surface area contributed by atoms with Crippen LogP contribution in [0.1, 0.15) is 120 Å². The fourth-order valence-electron chi connectivity index (χ4n) is 11.4. The number of ether oxygens (including phenoxy) is 2. The Morgan fingerprint density at radius 3 is 1.87 bits per heavy atom. The maximum absolute atomic E-state index is 13.9. The highest BCUT2D eigenvalue weighted by Crippen LogP contribution is 2.55. The number of hydrogen-bond donors (Lipinski definition) is 4. The van der Waals surface area contributed by atoms with Crippen molar-refractivity contribution < 1.29 is 28.7 Å². The minimum Gasteiger partial charge on any atom is -0.453 e. The van der Waals surface area contributed by atoms with Gasteiger partial charge in [-0.3, -0.25) is 14.4 Å². The summed E-state index contributed by atoms with van der Waals surface area (Å²) in [5, 5.41) is 5.90. The van der Waals surface area contributed by atoms with E-state index in [9.17, 15) is 24.0 Å². The fourth-order valence-corrected chi connectivity index (χ4v) is 11.4. The van der Waals surface area contributed by atoms with Crippen LogP contribution in [0.25, 0.3) is 44.4 Å². The van der Waals surface area contributed by atoms with Crippen molar-refractivity contribution in [1.82, 2.24) is 40.4 Å². The van der Waals surface area contributed by atoms with Crippen LogP contribution in [0.15, 0.2) is 65.6 Å². The number of alkyl carbamates (subject to hydrolysis) is 2. The lowest BCUT2D eigenvalue weighted by Gasteiger charge is -2.30. The molecule has 2 aromatic heterocycles. The molecular formula is C52H62N8O7. The number of H-pyrrole nitrogens is 2. The van der Waals surface area contributed by atoms with Gasteiger partial charge in [0.1, 0.15) is 23.7 Å². The van der Waals surface area contributed by atoms with Crippen molar-refractivity contribution in [3.05, 3.63) is 93.9 Å². The third-order valence-corrected chi connectivity index (χ3v) is 14.9. The number of aromatic nitrogens is 4. The molecule has 4 amide bonds. The molecule has 5 aromatic rings. The number of benzene rings is 3. The zero-order chi connectivity index (χ0) is 47.1. The average molecular weight is 911 g/mol. The van der Waals surface area contributed by atoms with E-state index in [1.54, 1.807) is 4.90 Å². The van der Waals surface area contributed by atoms with Crippen molar-refractivity contribution in [2.24, 2.45) is 11.8 Å². The SMILES string of the molecule is COC(=O)NC(C(=O)N1CCC[C@H]1c1ncc(-c2ccc(-c3ccc(-c4ccc5nc([C@@H]6CCCN6C(=O)[C@@H](NC(=O)OC)C(C)C)[nH]c(=O)c5c4)c4c3C3(CCCC3)CC4)cc2)[nH]1)C(C)C. The van der Waals surface area contributed by atoms with Crippen LogP contribution < -0.4 is 16.2 Å². The van der Waals surface area contributed by atoms with E-state index in [4.69, 9.17) is 19.4 Å². The zero-order valence-electron chi connectivity index (χ0n) is 39.4. The van der Waals surface area contributed by atoms with E-state index in [1.165, 1.54) is 43.8 Å². The third kappa shape index (κ3) is 8.57. The number of carbonyl (C=O) groups excluding carboxylic acids is 4. The van der Waals surface area contributed by atoms with Gasteiger partial charge in [-0.05, 0) is 120 Å². The molecule has 1 spiro atoms. The second kappa shape index (κ2) is 18.6. The molecule has 4 atom stereocenters. The van der Waals surface area contributed by atoms with Crippen LogP contribution in [0, 0.1) is 11.8 Å². The number of nitrogens with zero attached hydrogens (tertiary/aromatic N) is 4. The molecule has 15 heteroatoms. The third-order valence-electron chi connectivity index (χ3n) is 14.9. The van der Waals surface area contributed by atoms with E-state index in [0.717, 1.165) is 78.7 Å². The molecule has 1 saturated carbocycles. The van der Waals surface area contributed by atoms with Crippen molar-refractivity contribution in [2.75, 3.05) is 27.3 Å². The van der Waals surface area contributed by atoms with Gasteiger partial charge in [0.15, 0.2) is 0 Å². The molecule has 2 saturated heterocycles. The highest BCUT2D eigenvalue weighted by molar-refractivity contribution is 5.89. The molecule has 1 unspecified atom stereocenters. The molecule has 0 bridgehead atoms. The lowest BCUT2D eigenvalue weighted by atomic mass is 9.76. The summed E-state index contributed by atoms with van der Waals surface area (Å²) in [4.78, 5) is 85.4. The van der Waals surface area contributed by atoms with Gasteiger partial charge in [-0.2, -0.15) is 0 Å². The Hall–Kier alpha value is -6.51. The predicted octanol–water partition coefficient (Wildman–Crippen LogP) is 8.49. The highest BCUT2D eigenvalue weighted by Gasteiger charge is 2.44. The zero-order valence-corrected chi connectivity index (χ0v) is 39.4. The Bertz CT molecular complexity index is 2750. The van der Waals surface area contributed by atoms with Gasteiger partial charge in [0, 0.05) is 13.1 Å². The van der Waals surface area contributed by atoms with E-state index in [2.05, 4.69) is 63.1 Å². The van der Waals surface area contributed by atoms with E-state index in [0.29, 0.717) is 36.2 Å². The van der Waals surface area contributed by atoms with E-state index < -0.39 is 30.3 Å². The van der Waals surface area contributed by atoms with Crippen LogP contribution in [-0.4, -0.2) is 93.1 Å². The summed E-state index contributed by atoms with van der Waals surface area (Å²) in [6.07, 6.45) is 10.4. The summed E-state index contributed by atoms with van der Waals surface area (Å²) >= 11 is 0. The molecule has 2 aliphatic heterocycles. The van der Waals surface area contributed by atoms with Crippen LogP contribution in [0.4, 0.5) is 9.59 Å². The molecular weight excluding hydrogens is 849 g/mol. The van der Waals surface area contributed by atoms with Crippen molar-refractivity contribution in [2.45, 2.75) is 121 Å². The number of imidazole rings is 1. The van der Waals surface area contributed by atoms with Crippen molar-refractivity contribution in [3.63, 3.8) is 0 Å². The Morgan fingerprint density at radius 2 is 1.27 bits per heavy atom. The summed E-state index contributed by atoms with van der Waals surface area (Å²) in [6, 6.07) is 17.0. The first kappa shape index (κ1) is 45.6. The molecule has 4 aliphatic rings. The number of hydrogen-bond acceptors (Lipinski definition) is 9. The summed E-state index contributed by atoms with van der Waals surface area (Å²) in [6.45, 7) is 8.66. The highest BCUT2D eigenvalue weighted by atomic mass is 16.5. The summed E-state index contributed by atoms with van der Waals surface area (Å²) in [7, 11) is 2.57. The van der Waals surface area contributed by atoms with Gasteiger partial charge >= 0.3 is 12.2 Å². The number of rotatable bonds is 11. The van der Waals surface area contributed by atoms with Gasteiger partial charge in [0.25, 0.3) is 5.56 Å². The Balaban J connectivity index is 0.980. The summed E-state index contributed by atoms with van der Waals surface area (Å²) < 4.78 is 9.59. The smallest absolute Gasteiger partial charge is 0.407 e. The van der Waals surface area contributed by atoms with Gasteiger partial charge in [0.05, 0.1) is 49.1 Å². The Labute approximate surface area is 390 Å². The van der Waals surface area contributed by atoms with Crippen molar-refractivity contribution >= 4 is 34.9 Å². The predicted molar refractivity (Wildman–Crippen MR) is 255 cm³/mol. The Kier molecular flexibility index (Phi) is 12.7. The molecule has 67 heavy (non-hydrogen) atoms. The number of methoxy groups -OCH3 is 2. The quantitative estimate of drug-likeness (QED) is 0.101. The number of carbonyl (C=O) groups is 4. The van der Waals surface area contributed by atoms with E-state index in [1.807, 2.05) is 50.9 Å². The van der Waals surface area contributed by atoms with E-state index in [-0.39, 0.29) is 40.7 Å². The normalized spacial score (nSPS) is 19.6. The molecule has 2 aliphatic carbocycles. The van der Waals surface area contributed by atoms with Crippen molar-refractivity contribution in [3.8, 4) is 33.5 Å². The van der Waals surface area contributed by atoms with Crippen LogP contribution in [0.2, 0.25) is 0 Å². The second-order valence-electron chi connectivity index (χ2n) is 19.5. The molecule has 352 valence electrons. The van der Waals surface area contributed by atoms with Gasteiger partial charge in [-0.1, -0.05) is 83.0 Å². The molecule has 9 rings (SSSR count). The molecule has 15 nitrogen and oxygen atoms in total. The maximum atomic E-state index is 13.9. The summed E-state index contributed by atoms with van der Waals surface area (Å²) in [5.41, 5.74) is 9.59. The van der Waals surface area contributed by atoms with E-state index >= 15 is 0 Å². The number of aromatic amines is 2. The number of likely N-dealkylation sites (tertiary alicyclic amines) is 2. The maximum Gasteiger partial charge on any atom is 0.407 e. The van der Waals surface area contributed by atoms with Crippen LogP contribution >= 0.6 is 0 Å². The first-order valence-corrected chi connectivity index (χ1v) is 24.0. The molecule has 4 heterocycles. The second-order valence-corrected chi connectivity index (χ2v) is 19.5. The van der Waals surface area contributed by atoms with Gasteiger partial charge in [-0.25, -0.2) is 19.6 Å². The Morgan fingerprint density at radius 1 is 0.701 bits per heavy atom. The van der Waals surface area contributed by atoms with Crippen molar-refractivity contribution in [1.29, 1.82) is 0 Å². The van der Waals surface area contributed by atoms with Crippen LogP contribution in [-0.2, 0) is 30.9 Å². The monoisotopic (exact) mass is 910 g/mol. The lowest BCUT2D eigenvalue weighted by molar-refractivity contribution is -0.136. The lowest BCUT2D eigenvalue weighted by Crippen LogP contribution is -2.51. The van der Waals surface area contributed by atoms with Gasteiger partial charge < -0.3 is 39.9 Å². The average Bonchev–Trinajstić information content (AvgIpc) is 4.20. The number of fused-ring (bicyclic) bond motifs is 3. The topological polar surface area (TPSA) is 192 Å². The molecule has 0 radical (unpaired) electrons. The fraction of sp³-hybridized carbons (Fsp3) is 0.481. The van der Waals surface area contributed by atoms with Gasteiger partial charge in [0.2, 0.25) is 11.8 Å². The summed E-state index contributed by atoms with van der Waals surface area (Å²) in [5.74, 6) is 0.526. The molecule has 3 fully saturated rings. The number of nitrogens with one attached hydrogen (secondary N) is 4.